The van der Waals surface area contributed by atoms with Crippen LogP contribution in [0.1, 0.15) is 17.3 Å². The third-order valence-electron chi connectivity index (χ3n) is 2.78. The van der Waals surface area contributed by atoms with Crippen LogP contribution >= 0.6 is 0 Å². The average molecular weight is 223 g/mol. The third-order valence-corrected chi connectivity index (χ3v) is 2.78. The summed E-state index contributed by atoms with van der Waals surface area (Å²) in [5.41, 5.74) is 0.906. The molecular weight excluding hydrogens is 209 g/mol. The molecule has 86 valence electrons. The van der Waals surface area contributed by atoms with E-state index in [9.17, 15) is 9.18 Å². The molecule has 0 aromatic heterocycles. The van der Waals surface area contributed by atoms with Gasteiger partial charge in [0.1, 0.15) is 12.1 Å². The Hall–Kier alpha value is -1.42. The zero-order valence-corrected chi connectivity index (χ0v) is 9.15. The van der Waals surface area contributed by atoms with Gasteiger partial charge >= 0.3 is 0 Å². The van der Waals surface area contributed by atoms with Crippen LogP contribution in [0.5, 0.6) is 0 Å². The van der Waals surface area contributed by atoms with Crippen LogP contribution in [0.4, 0.5) is 10.1 Å². The summed E-state index contributed by atoms with van der Waals surface area (Å²) in [6.07, 6.45) is 0.648. The second-order valence-electron chi connectivity index (χ2n) is 3.95. The zero-order valence-electron chi connectivity index (χ0n) is 9.15. The number of ether oxygens (including phenoxy) is 1. The van der Waals surface area contributed by atoms with Gasteiger partial charge in [0, 0.05) is 18.2 Å². The molecule has 0 N–H and O–H groups in total. The maximum atomic E-state index is 13.8. The Morgan fingerprint density at radius 3 is 3.00 bits per heavy atom. The first-order chi connectivity index (χ1) is 7.72. The topological polar surface area (TPSA) is 29.5 Å². The fourth-order valence-electron chi connectivity index (χ4n) is 1.91. The molecule has 1 saturated heterocycles. The van der Waals surface area contributed by atoms with Crippen LogP contribution in [0.2, 0.25) is 0 Å². The van der Waals surface area contributed by atoms with Crippen molar-refractivity contribution in [2.75, 3.05) is 24.7 Å². The first-order valence-corrected chi connectivity index (χ1v) is 5.31. The van der Waals surface area contributed by atoms with Crippen LogP contribution in [-0.2, 0) is 4.74 Å². The van der Waals surface area contributed by atoms with Crippen LogP contribution in [-0.4, -0.2) is 32.1 Å². The van der Waals surface area contributed by atoms with Crippen molar-refractivity contribution in [1.29, 1.82) is 0 Å². The lowest BCUT2D eigenvalue weighted by Crippen LogP contribution is -2.44. The van der Waals surface area contributed by atoms with Crippen molar-refractivity contribution in [3.05, 3.63) is 29.6 Å². The number of benzene rings is 1. The summed E-state index contributed by atoms with van der Waals surface area (Å²) in [5, 5.41) is 0. The molecule has 1 atom stereocenters. The number of morpholine rings is 1. The van der Waals surface area contributed by atoms with E-state index < -0.39 is 0 Å². The smallest absolute Gasteiger partial charge is 0.150 e. The highest BCUT2D eigenvalue weighted by Crippen LogP contribution is 2.23. The third kappa shape index (κ3) is 2.07. The zero-order chi connectivity index (χ0) is 11.5. The number of carbonyl (C=O) groups is 1. The maximum absolute atomic E-state index is 13.8. The quantitative estimate of drug-likeness (QED) is 0.717. The van der Waals surface area contributed by atoms with Crippen molar-refractivity contribution >= 4 is 12.0 Å². The Kier molecular flexibility index (Phi) is 3.19. The highest BCUT2D eigenvalue weighted by Gasteiger charge is 2.21. The Labute approximate surface area is 93.8 Å². The molecule has 4 heteroatoms. The van der Waals surface area contributed by atoms with Crippen molar-refractivity contribution in [3.8, 4) is 0 Å². The van der Waals surface area contributed by atoms with Crippen molar-refractivity contribution in [2.24, 2.45) is 0 Å². The molecule has 3 nitrogen and oxygen atoms in total. The number of carbonyl (C=O) groups excluding carboxylic acids is 1. The fourth-order valence-corrected chi connectivity index (χ4v) is 1.91. The van der Waals surface area contributed by atoms with E-state index >= 15 is 0 Å². The molecule has 0 saturated carbocycles. The first-order valence-electron chi connectivity index (χ1n) is 5.31. The number of anilines is 1. The van der Waals surface area contributed by atoms with Gasteiger partial charge < -0.3 is 9.64 Å². The number of rotatable bonds is 2. The average Bonchev–Trinajstić information content (AvgIpc) is 2.30. The normalized spacial score (nSPS) is 20.9. The van der Waals surface area contributed by atoms with E-state index in [-0.39, 0.29) is 11.9 Å². The van der Waals surface area contributed by atoms with Gasteiger partial charge in [-0.25, -0.2) is 4.39 Å². The Balaban J connectivity index is 2.28. The molecule has 0 bridgehead atoms. The monoisotopic (exact) mass is 223 g/mol. The number of hydrogen-bond donors (Lipinski definition) is 0. The van der Waals surface area contributed by atoms with Gasteiger partial charge in [0.2, 0.25) is 0 Å². The molecular formula is C12H14FNO2. The van der Waals surface area contributed by atoms with Crippen LogP contribution in [0.15, 0.2) is 18.2 Å². The molecule has 1 unspecified atom stereocenters. The molecule has 16 heavy (non-hydrogen) atoms. The van der Waals surface area contributed by atoms with E-state index in [4.69, 9.17) is 4.74 Å². The summed E-state index contributed by atoms with van der Waals surface area (Å²) in [7, 11) is 0. The molecule has 0 spiro atoms. The molecule has 1 aromatic carbocycles. The van der Waals surface area contributed by atoms with Crippen molar-refractivity contribution in [3.63, 3.8) is 0 Å². The van der Waals surface area contributed by atoms with E-state index in [1.54, 1.807) is 12.1 Å². The number of hydrogen-bond acceptors (Lipinski definition) is 3. The van der Waals surface area contributed by atoms with Gasteiger partial charge in [0.05, 0.1) is 18.9 Å². The van der Waals surface area contributed by atoms with Gasteiger partial charge in [0.15, 0.2) is 0 Å². The predicted molar refractivity (Wildman–Crippen MR) is 59.4 cm³/mol. The van der Waals surface area contributed by atoms with Crippen molar-refractivity contribution in [2.45, 2.75) is 13.0 Å². The van der Waals surface area contributed by atoms with Gasteiger partial charge in [-0.2, -0.15) is 0 Å². The van der Waals surface area contributed by atoms with Gasteiger partial charge in [-0.1, -0.05) is 0 Å². The summed E-state index contributed by atoms with van der Waals surface area (Å²) in [6.45, 7) is 3.89. The molecule has 0 amide bonds. The molecule has 0 radical (unpaired) electrons. The molecule has 0 aliphatic carbocycles. The lowest BCUT2D eigenvalue weighted by Gasteiger charge is -2.35. The Bertz CT molecular complexity index is 395. The van der Waals surface area contributed by atoms with Crippen molar-refractivity contribution in [1.82, 2.24) is 0 Å². The minimum atomic E-state index is -0.349. The first kappa shape index (κ1) is 11.1. The van der Waals surface area contributed by atoms with E-state index in [0.717, 1.165) is 0 Å². The van der Waals surface area contributed by atoms with Crippen LogP contribution in [0, 0.1) is 5.82 Å². The summed E-state index contributed by atoms with van der Waals surface area (Å²) < 4.78 is 19.1. The van der Waals surface area contributed by atoms with Crippen LogP contribution < -0.4 is 4.90 Å². The predicted octanol–water partition coefficient (Wildman–Crippen LogP) is 1.86. The van der Waals surface area contributed by atoms with Gasteiger partial charge in [0.25, 0.3) is 0 Å². The van der Waals surface area contributed by atoms with Crippen molar-refractivity contribution < 1.29 is 13.9 Å². The molecule has 1 heterocycles. The standard InChI is InChI=1S/C12H14FNO2/c1-9-8-16-5-4-14(9)12-3-2-10(7-15)6-11(12)13/h2-3,6-7,9H,4-5,8H2,1H3. The summed E-state index contributed by atoms with van der Waals surface area (Å²) in [6, 6.07) is 4.71. The number of aldehydes is 1. The number of halogens is 1. The van der Waals surface area contributed by atoms with E-state index in [2.05, 4.69) is 0 Å². The molecule has 2 rings (SSSR count). The Morgan fingerprint density at radius 2 is 2.38 bits per heavy atom. The van der Waals surface area contributed by atoms with Gasteiger partial charge in [-0.05, 0) is 25.1 Å². The molecule has 1 aromatic rings. The molecule has 1 fully saturated rings. The number of nitrogens with zero attached hydrogens (tertiary/aromatic N) is 1. The van der Waals surface area contributed by atoms with Crippen LogP contribution in [0.3, 0.4) is 0 Å². The Morgan fingerprint density at radius 1 is 1.56 bits per heavy atom. The second-order valence-corrected chi connectivity index (χ2v) is 3.95. The summed E-state index contributed by atoms with van der Waals surface area (Å²) in [4.78, 5) is 12.5. The largest absolute Gasteiger partial charge is 0.377 e. The lowest BCUT2D eigenvalue weighted by atomic mass is 10.1. The SMILES string of the molecule is CC1COCCN1c1ccc(C=O)cc1F. The molecule has 1 aliphatic rings. The highest BCUT2D eigenvalue weighted by atomic mass is 19.1. The maximum Gasteiger partial charge on any atom is 0.150 e. The summed E-state index contributed by atoms with van der Waals surface area (Å²) >= 11 is 0. The van der Waals surface area contributed by atoms with E-state index in [1.807, 2.05) is 11.8 Å². The molecule has 1 aliphatic heterocycles. The summed E-state index contributed by atoms with van der Waals surface area (Å²) in [5.74, 6) is -0.349. The van der Waals surface area contributed by atoms with Crippen LogP contribution in [0.25, 0.3) is 0 Å². The highest BCUT2D eigenvalue weighted by molar-refractivity contribution is 5.76. The lowest BCUT2D eigenvalue weighted by molar-refractivity contribution is 0.0985. The van der Waals surface area contributed by atoms with E-state index in [1.165, 1.54) is 6.07 Å². The fraction of sp³-hybridized carbons (Fsp3) is 0.417. The minimum absolute atomic E-state index is 0.158. The second kappa shape index (κ2) is 4.61. The van der Waals surface area contributed by atoms with Gasteiger partial charge in [-0.3, -0.25) is 4.79 Å². The van der Waals surface area contributed by atoms with Gasteiger partial charge in [-0.15, -0.1) is 0 Å². The van der Waals surface area contributed by atoms with E-state index in [0.29, 0.717) is 37.3 Å². The minimum Gasteiger partial charge on any atom is -0.377 e.